The van der Waals surface area contributed by atoms with Crippen LogP contribution in [-0.2, 0) is 4.74 Å². The van der Waals surface area contributed by atoms with Gasteiger partial charge in [-0.15, -0.1) is 0 Å². The summed E-state index contributed by atoms with van der Waals surface area (Å²) in [6.45, 7) is 3.40. The number of ether oxygens (including phenoxy) is 1. The third-order valence-corrected chi connectivity index (χ3v) is 2.08. The Morgan fingerprint density at radius 3 is 3.29 bits per heavy atom. The summed E-state index contributed by atoms with van der Waals surface area (Å²) in [6, 6.07) is 0. The Kier molecular flexibility index (Phi) is 3.26. The van der Waals surface area contributed by atoms with Crippen molar-refractivity contribution in [2.45, 2.75) is 6.10 Å². The van der Waals surface area contributed by atoms with E-state index in [1.165, 1.54) is 0 Å². The van der Waals surface area contributed by atoms with Crippen LogP contribution in [0.25, 0.3) is 0 Å². The molecule has 1 aliphatic rings. The highest BCUT2D eigenvalue weighted by Crippen LogP contribution is 2.00. The van der Waals surface area contributed by atoms with Crippen LogP contribution in [0.15, 0.2) is 18.6 Å². The molecule has 1 saturated heterocycles. The zero-order valence-corrected chi connectivity index (χ0v) is 7.94. The van der Waals surface area contributed by atoms with Gasteiger partial charge in [-0.1, -0.05) is 0 Å². The quantitative estimate of drug-likeness (QED) is 0.702. The highest BCUT2D eigenvalue weighted by atomic mass is 16.5. The number of hydrogen-bond donors (Lipinski definition) is 2. The van der Waals surface area contributed by atoms with Crippen LogP contribution in [0.1, 0.15) is 0 Å². The maximum atomic E-state index is 5.53. The molecule has 0 radical (unpaired) electrons. The lowest BCUT2D eigenvalue weighted by molar-refractivity contribution is 0.0372. The van der Waals surface area contributed by atoms with Crippen molar-refractivity contribution in [1.29, 1.82) is 0 Å². The van der Waals surface area contributed by atoms with E-state index in [0.717, 1.165) is 32.1 Å². The fourth-order valence-corrected chi connectivity index (χ4v) is 1.36. The highest BCUT2D eigenvalue weighted by Gasteiger charge is 2.12. The molecule has 0 amide bonds. The Morgan fingerprint density at radius 1 is 1.57 bits per heavy atom. The Labute approximate surface area is 82.9 Å². The molecule has 1 unspecified atom stereocenters. The van der Waals surface area contributed by atoms with Crippen LogP contribution in [0.3, 0.4) is 0 Å². The molecule has 5 nitrogen and oxygen atoms in total. The molecule has 0 spiro atoms. The number of rotatable bonds is 3. The van der Waals surface area contributed by atoms with Gasteiger partial charge in [0.05, 0.1) is 18.9 Å². The minimum absolute atomic E-state index is 0.228. The van der Waals surface area contributed by atoms with Crippen LogP contribution in [-0.4, -0.2) is 42.3 Å². The van der Waals surface area contributed by atoms with Gasteiger partial charge < -0.3 is 15.4 Å². The lowest BCUT2D eigenvalue weighted by Gasteiger charge is -2.23. The number of nitrogens with one attached hydrogen (secondary N) is 2. The SMILES string of the molecule is c1cnc(NCC2CNCCO2)cn1. The van der Waals surface area contributed by atoms with Gasteiger partial charge in [0.2, 0.25) is 0 Å². The van der Waals surface area contributed by atoms with Crippen molar-refractivity contribution in [1.82, 2.24) is 15.3 Å². The minimum Gasteiger partial charge on any atom is -0.374 e. The first-order valence-corrected chi connectivity index (χ1v) is 4.77. The van der Waals surface area contributed by atoms with E-state index in [9.17, 15) is 0 Å². The summed E-state index contributed by atoms with van der Waals surface area (Å²) < 4.78 is 5.53. The summed E-state index contributed by atoms with van der Waals surface area (Å²) in [4.78, 5) is 8.08. The van der Waals surface area contributed by atoms with Gasteiger partial charge >= 0.3 is 0 Å². The Hall–Kier alpha value is -1.20. The van der Waals surface area contributed by atoms with Crippen molar-refractivity contribution in [3.63, 3.8) is 0 Å². The van der Waals surface area contributed by atoms with E-state index >= 15 is 0 Å². The zero-order valence-electron chi connectivity index (χ0n) is 7.94. The molecular weight excluding hydrogens is 180 g/mol. The van der Waals surface area contributed by atoms with E-state index < -0.39 is 0 Å². The first-order valence-electron chi connectivity index (χ1n) is 4.77. The summed E-state index contributed by atoms with van der Waals surface area (Å²) in [5, 5.41) is 6.45. The van der Waals surface area contributed by atoms with Gasteiger partial charge in [0.25, 0.3) is 0 Å². The van der Waals surface area contributed by atoms with Gasteiger partial charge in [-0.2, -0.15) is 0 Å². The first-order chi connectivity index (χ1) is 6.95. The lowest BCUT2D eigenvalue weighted by Crippen LogP contribution is -2.42. The third-order valence-electron chi connectivity index (χ3n) is 2.08. The van der Waals surface area contributed by atoms with E-state index in [4.69, 9.17) is 4.74 Å². The average Bonchev–Trinajstić information content (AvgIpc) is 2.29. The van der Waals surface area contributed by atoms with Crippen molar-refractivity contribution in [3.05, 3.63) is 18.6 Å². The second-order valence-electron chi connectivity index (χ2n) is 3.17. The zero-order chi connectivity index (χ0) is 9.64. The molecule has 0 bridgehead atoms. The molecule has 1 aromatic heterocycles. The van der Waals surface area contributed by atoms with Crippen LogP contribution >= 0.6 is 0 Å². The fourth-order valence-electron chi connectivity index (χ4n) is 1.36. The first kappa shape index (κ1) is 9.36. The molecule has 0 aromatic carbocycles. The van der Waals surface area contributed by atoms with E-state index in [1.807, 2.05) is 0 Å². The molecule has 5 heteroatoms. The topological polar surface area (TPSA) is 59.1 Å². The van der Waals surface area contributed by atoms with Crippen LogP contribution < -0.4 is 10.6 Å². The second-order valence-corrected chi connectivity index (χ2v) is 3.17. The van der Waals surface area contributed by atoms with Crippen LogP contribution in [0, 0.1) is 0 Å². The van der Waals surface area contributed by atoms with Crippen LogP contribution in [0.2, 0.25) is 0 Å². The number of aromatic nitrogens is 2. The standard InChI is InChI=1S/C9H14N4O/c1-2-12-9(7-10-1)13-6-8-5-11-3-4-14-8/h1-2,7-8,11H,3-6H2,(H,12,13). The fraction of sp³-hybridized carbons (Fsp3) is 0.556. The lowest BCUT2D eigenvalue weighted by atomic mass is 10.3. The Balaban J connectivity index is 1.76. The number of nitrogens with zero attached hydrogens (tertiary/aromatic N) is 2. The predicted octanol–water partition coefficient (Wildman–Crippen LogP) is -0.123. The maximum absolute atomic E-state index is 5.53. The van der Waals surface area contributed by atoms with Gasteiger partial charge in [-0.3, -0.25) is 4.98 Å². The van der Waals surface area contributed by atoms with Crippen molar-refractivity contribution < 1.29 is 4.74 Å². The van der Waals surface area contributed by atoms with Gasteiger partial charge in [-0.25, -0.2) is 4.98 Å². The summed E-state index contributed by atoms with van der Waals surface area (Å²) in [7, 11) is 0. The maximum Gasteiger partial charge on any atom is 0.144 e. The predicted molar refractivity (Wildman–Crippen MR) is 53.1 cm³/mol. The number of anilines is 1. The van der Waals surface area contributed by atoms with E-state index in [-0.39, 0.29) is 6.10 Å². The largest absolute Gasteiger partial charge is 0.374 e. The van der Waals surface area contributed by atoms with Crippen LogP contribution in [0.5, 0.6) is 0 Å². The van der Waals surface area contributed by atoms with Crippen LogP contribution in [0.4, 0.5) is 5.82 Å². The molecule has 0 aliphatic carbocycles. The number of hydrogen-bond acceptors (Lipinski definition) is 5. The molecule has 1 fully saturated rings. The van der Waals surface area contributed by atoms with Crippen molar-refractivity contribution in [3.8, 4) is 0 Å². The molecule has 1 atom stereocenters. The molecule has 2 rings (SSSR count). The van der Waals surface area contributed by atoms with Gasteiger partial charge in [0, 0.05) is 32.0 Å². The molecule has 14 heavy (non-hydrogen) atoms. The molecule has 0 saturated carbocycles. The van der Waals surface area contributed by atoms with E-state index in [2.05, 4.69) is 20.6 Å². The average molecular weight is 194 g/mol. The summed E-state index contributed by atoms with van der Waals surface area (Å²) in [5.74, 6) is 0.793. The number of morpholine rings is 1. The molecule has 2 N–H and O–H groups in total. The molecular formula is C9H14N4O. The highest BCUT2D eigenvalue weighted by molar-refractivity contribution is 5.29. The molecule has 1 aromatic rings. The smallest absolute Gasteiger partial charge is 0.144 e. The van der Waals surface area contributed by atoms with E-state index in [1.54, 1.807) is 18.6 Å². The normalized spacial score (nSPS) is 21.9. The van der Waals surface area contributed by atoms with Gasteiger partial charge in [0.1, 0.15) is 5.82 Å². The Bertz CT molecular complexity index is 261. The molecule has 2 heterocycles. The van der Waals surface area contributed by atoms with Gasteiger partial charge in [-0.05, 0) is 0 Å². The second kappa shape index (κ2) is 4.88. The van der Waals surface area contributed by atoms with Crippen molar-refractivity contribution in [2.75, 3.05) is 31.6 Å². The summed E-state index contributed by atoms with van der Waals surface area (Å²) in [5.41, 5.74) is 0. The van der Waals surface area contributed by atoms with E-state index in [0.29, 0.717) is 0 Å². The summed E-state index contributed by atoms with van der Waals surface area (Å²) in [6.07, 6.45) is 5.26. The monoisotopic (exact) mass is 194 g/mol. The minimum atomic E-state index is 0.228. The Morgan fingerprint density at radius 2 is 2.57 bits per heavy atom. The van der Waals surface area contributed by atoms with Crippen molar-refractivity contribution in [2.24, 2.45) is 0 Å². The molecule has 1 aliphatic heterocycles. The van der Waals surface area contributed by atoms with Crippen molar-refractivity contribution >= 4 is 5.82 Å². The van der Waals surface area contributed by atoms with Gasteiger partial charge in [0.15, 0.2) is 0 Å². The molecule has 76 valence electrons. The summed E-state index contributed by atoms with van der Waals surface area (Å²) >= 11 is 0. The third kappa shape index (κ3) is 2.65.